The number of amides is 1. The molecule has 0 spiro atoms. The van der Waals surface area contributed by atoms with Crippen molar-refractivity contribution in [1.82, 2.24) is 24.6 Å². The fraction of sp³-hybridized carbons (Fsp3) is 0.0714. The van der Waals surface area contributed by atoms with Crippen LogP contribution in [0.25, 0.3) is 16.0 Å². The van der Waals surface area contributed by atoms with Crippen molar-refractivity contribution in [3.05, 3.63) is 42.5 Å². The smallest absolute Gasteiger partial charge is 0.253 e. The second-order valence-corrected chi connectivity index (χ2v) is 6.70. The molecule has 0 aliphatic rings. The number of carbonyl (C=O) groups excluding carboxylic acids is 1. The molecule has 0 bridgehead atoms. The summed E-state index contributed by atoms with van der Waals surface area (Å²) in [6.07, 6.45) is 3.36. The molecule has 0 fully saturated rings. The van der Waals surface area contributed by atoms with E-state index >= 15 is 0 Å². The zero-order valence-electron chi connectivity index (χ0n) is 12.0. The van der Waals surface area contributed by atoms with Crippen molar-refractivity contribution in [3.8, 4) is 0 Å². The number of anilines is 1. The molecule has 1 N–H and O–H groups in total. The Bertz CT molecular complexity index is 1010. The van der Waals surface area contributed by atoms with Gasteiger partial charge in [-0.1, -0.05) is 23.1 Å². The Labute approximate surface area is 143 Å². The minimum Gasteiger partial charge on any atom is -0.301 e. The Morgan fingerprint density at radius 3 is 3.17 bits per heavy atom. The van der Waals surface area contributed by atoms with Crippen LogP contribution in [-0.4, -0.2) is 36.2 Å². The summed E-state index contributed by atoms with van der Waals surface area (Å²) in [7, 11) is 0. The average molecular weight is 360 g/mol. The Morgan fingerprint density at radius 2 is 2.29 bits per heavy atom. The minimum atomic E-state index is -0.328. The summed E-state index contributed by atoms with van der Waals surface area (Å²) in [5.74, 6) is 0.0623. The maximum Gasteiger partial charge on any atom is 0.253 e. The topological polar surface area (TPSA) is 85.1 Å². The van der Waals surface area contributed by atoms with Crippen LogP contribution in [0.4, 0.5) is 9.52 Å². The summed E-state index contributed by atoms with van der Waals surface area (Å²) in [6.45, 7) is 0. The summed E-state index contributed by atoms with van der Waals surface area (Å²) in [4.78, 5) is 24.5. The zero-order valence-corrected chi connectivity index (χ0v) is 13.6. The number of thiazole rings is 1. The summed E-state index contributed by atoms with van der Waals surface area (Å²) < 4.78 is 15.4. The van der Waals surface area contributed by atoms with Gasteiger partial charge in [0.15, 0.2) is 5.13 Å². The van der Waals surface area contributed by atoms with Crippen LogP contribution in [0.2, 0.25) is 0 Å². The number of carbonyl (C=O) groups is 1. The molecule has 3 heterocycles. The molecule has 24 heavy (non-hydrogen) atoms. The van der Waals surface area contributed by atoms with E-state index in [4.69, 9.17) is 0 Å². The Morgan fingerprint density at radius 1 is 1.38 bits per heavy atom. The molecule has 0 atom stereocenters. The van der Waals surface area contributed by atoms with Crippen LogP contribution in [0, 0.1) is 5.82 Å². The molecule has 3 aromatic heterocycles. The third-order valence-corrected chi connectivity index (χ3v) is 4.80. The lowest BCUT2D eigenvalue weighted by Crippen LogP contribution is -2.13. The maximum absolute atomic E-state index is 13.2. The molecule has 1 aromatic carbocycles. The first-order chi connectivity index (χ1) is 11.7. The molecule has 0 radical (unpaired) electrons. The molecule has 7 nitrogen and oxygen atoms in total. The van der Waals surface area contributed by atoms with E-state index in [9.17, 15) is 9.18 Å². The van der Waals surface area contributed by atoms with Crippen molar-refractivity contribution in [2.45, 2.75) is 5.16 Å². The van der Waals surface area contributed by atoms with Gasteiger partial charge in [-0.25, -0.2) is 18.9 Å². The quantitative estimate of drug-likeness (QED) is 0.563. The molecule has 120 valence electrons. The van der Waals surface area contributed by atoms with Crippen molar-refractivity contribution >= 4 is 50.1 Å². The van der Waals surface area contributed by atoms with Crippen LogP contribution < -0.4 is 5.32 Å². The second kappa shape index (κ2) is 6.13. The van der Waals surface area contributed by atoms with Gasteiger partial charge in [0.05, 0.1) is 16.0 Å². The summed E-state index contributed by atoms with van der Waals surface area (Å²) in [5, 5.41) is 7.81. The van der Waals surface area contributed by atoms with E-state index in [1.54, 1.807) is 29.0 Å². The van der Waals surface area contributed by atoms with E-state index in [0.29, 0.717) is 26.3 Å². The van der Waals surface area contributed by atoms with Gasteiger partial charge in [0.25, 0.3) is 5.78 Å². The van der Waals surface area contributed by atoms with Crippen LogP contribution >= 0.6 is 23.1 Å². The summed E-state index contributed by atoms with van der Waals surface area (Å²) in [6, 6.07) is 6.07. The predicted octanol–water partition coefficient (Wildman–Crippen LogP) is 2.60. The molecule has 0 unspecified atom stereocenters. The number of thioether (sulfide) groups is 1. The van der Waals surface area contributed by atoms with Gasteiger partial charge >= 0.3 is 0 Å². The van der Waals surface area contributed by atoms with Crippen molar-refractivity contribution < 1.29 is 9.18 Å². The van der Waals surface area contributed by atoms with Crippen molar-refractivity contribution in [3.63, 3.8) is 0 Å². The number of aromatic nitrogens is 5. The number of nitrogens with one attached hydrogen (secondary N) is 1. The lowest BCUT2D eigenvalue weighted by molar-refractivity contribution is -0.113. The van der Waals surface area contributed by atoms with Gasteiger partial charge in [0, 0.05) is 12.4 Å². The van der Waals surface area contributed by atoms with Gasteiger partial charge in [0.1, 0.15) is 5.82 Å². The largest absolute Gasteiger partial charge is 0.301 e. The van der Waals surface area contributed by atoms with Gasteiger partial charge in [-0.2, -0.15) is 4.98 Å². The molecule has 10 heteroatoms. The Balaban J connectivity index is 1.42. The van der Waals surface area contributed by atoms with Gasteiger partial charge in [0.2, 0.25) is 11.1 Å². The average Bonchev–Trinajstić information content (AvgIpc) is 3.15. The van der Waals surface area contributed by atoms with Gasteiger partial charge < -0.3 is 5.32 Å². The monoisotopic (exact) mass is 360 g/mol. The van der Waals surface area contributed by atoms with Crippen LogP contribution in [0.5, 0.6) is 0 Å². The number of fused-ring (bicyclic) bond motifs is 2. The Kier molecular flexibility index (Phi) is 3.82. The Hall–Kier alpha value is -2.59. The third-order valence-electron chi connectivity index (χ3n) is 3.03. The maximum atomic E-state index is 13.2. The zero-order chi connectivity index (χ0) is 16.5. The molecular formula is C14H9FN6OS2. The molecular weight excluding hydrogens is 351 g/mol. The highest BCUT2D eigenvalue weighted by Crippen LogP contribution is 2.26. The molecule has 0 saturated heterocycles. The van der Waals surface area contributed by atoms with E-state index in [1.807, 2.05) is 0 Å². The molecule has 0 aliphatic carbocycles. The fourth-order valence-corrected chi connectivity index (χ4v) is 3.54. The van der Waals surface area contributed by atoms with Crippen molar-refractivity contribution in [1.29, 1.82) is 0 Å². The van der Waals surface area contributed by atoms with E-state index in [0.717, 1.165) is 0 Å². The standard InChI is InChI=1S/C14H9FN6OS2/c15-8-2-3-9-10(6-8)24-13(17-9)18-11(22)7-23-14-19-12-16-4-1-5-21(12)20-14/h1-6H,7H2,(H,17,18,22). The highest BCUT2D eigenvalue weighted by Gasteiger charge is 2.11. The van der Waals surface area contributed by atoms with E-state index < -0.39 is 0 Å². The van der Waals surface area contributed by atoms with Crippen molar-refractivity contribution in [2.75, 3.05) is 11.1 Å². The lowest BCUT2D eigenvalue weighted by atomic mass is 10.3. The number of halogens is 1. The van der Waals surface area contributed by atoms with E-state index in [2.05, 4.69) is 25.4 Å². The molecule has 4 aromatic rings. The number of rotatable bonds is 4. The normalized spacial score (nSPS) is 11.2. The lowest BCUT2D eigenvalue weighted by Gasteiger charge is -1.98. The number of hydrogen-bond donors (Lipinski definition) is 1. The number of hydrogen-bond acceptors (Lipinski definition) is 7. The number of nitrogens with zero attached hydrogens (tertiary/aromatic N) is 5. The second-order valence-electron chi connectivity index (χ2n) is 4.73. The predicted molar refractivity (Wildman–Crippen MR) is 89.7 cm³/mol. The van der Waals surface area contributed by atoms with E-state index in [-0.39, 0.29) is 17.5 Å². The van der Waals surface area contributed by atoms with Gasteiger partial charge in [-0.15, -0.1) is 5.10 Å². The highest BCUT2D eigenvalue weighted by atomic mass is 32.2. The highest BCUT2D eigenvalue weighted by molar-refractivity contribution is 7.99. The van der Waals surface area contributed by atoms with Crippen LogP contribution in [0.3, 0.4) is 0 Å². The van der Waals surface area contributed by atoms with Gasteiger partial charge in [-0.05, 0) is 24.3 Å². The SMILES string of the molecule is O=C(CSc1nc2ncccn2n1)Nc1nc2ccc(F)cc2s1. The third kappa shape index (κ3) is 3.05. The van der Waals surface area contributed by atoms with Crippen molar-refractivity contribution in [2.24, 2.45) is 0 Å². The van der Waals surface area contributed by atoms with Gasteiger partial charge in [-0.3, -0.25) is 4.79 Å². The number of benzene rings is 1. The first-order valence-corrected chi connectivity index (χ1v) is 8.64. The molecule has 0 saturated carbocycles. The van der Waals surface area contributed by atoms with Crippen LogP contribution in [0.15, 0.2) is 41.8 Å². The molecule has 0 aliphatic heterocycles. The van der Waals surface area contributed by atoms with E-state index in [1.165, 1.54) is 35.2 Å². The minimum absolute atomic E-state index is 0.140. The van der Waals surface area contributed by atoms with Crippen LogP contribution in [0.1, 0.15) is 0 Å². The molecule has 1 amide bonds. The van der Waals surface area contributed by atoms with Crippen LogP contribution in [-0.2, 0) is 4.79 Å². The molecule has 4 rings (SSSR count). The fourth-order valence-electron chi connectivity index (χ4n) is 2.01. The first-order valence-electron chi connectivity index (χ1n) is 6.83. The first kappa shape index (κ1) is 15.0. The summed E-state index contributed by atoms with van der Waals surface area (Å²) >= 11 is 2.43. The summed E-state index contributed by atoms with van der Waals surface area (Å²) in [5.41, 5.74) is 0.650.